The summed E-state index contributed by atoms with van der Waals surface area (Å²) in [6.07, 6.45) is 0.965. The fourth-order valence-electron chi connectivity index (χ4n) is 2.39. The van der Waals surface area contributed by atoms with Gasteiger partial charge in [-0.1, -0.05) is 48.0 Å². The zero-order valence-corrected chi connectivity index (χ0v) is 14.4. The molecule has 1 N–H and O–H groups in total. The van der Waals surface area contributed by atoms with E-state index >= 15 is 0 Å². The minimum absolute atomic E-state index is 0.00325. The quantitative estimate of drug-likeness (QED) is 0.822. The molecule has 1 aromatic rings. The van der Waals surface area contributed by atoms with Gasteiger partial charge in [0, 0.05) is 23.5 Å². The number of rotatable bonds is 7. The van der Waals surface area contributed by atoms with Crippen LogP contribution in [0.4, 0.5) is 0 Å². The maximum absolute atomic E-state index is 12.6. The lowest BCUT2D eigenvalue weighted by molar-refractivity contribution is -0.137. The monoisotopic (exact) mass is 340 g/mol. The van der Waals surface area contributed by atoms with Gasteiger partial charge in [-0.2, -0.15) is 0 Å². The van der Waals surface area contributed by atoms with Crippen molar-refractivity contribution in [2.24, 2.45) is 5.92 Å². The Hall–Kier alpha value is -0.870. The predicted molar refractivity (Wildman–Crippen MR) is 87.7 cm³/mol. The molecule has 1 rings (SSSR count). The van der Waals surface area contributed by atoms with Gasteiger partial charge in [0.1, 0.15) is 0 Å². The zero-order chi connectivity index (χ0) is 15.1. The van der Waals surface area contributed by atoms with Crippen LogP contribution in [0.25, 0.3) is 0 Å². The third-order valence-electron chi connectivity index (χ3n) is 3.50. The van der Waals surface area contributed by atoms with Gasteiger partial charge in [0.15, 0.2) is 0 Å². The van der Waals surface area contributed by atoms with Gasteiger partial charge in [-0.25, -0.2) is 0 Å². The molecule has 0 aliphatic rings. The smallest absolute Gasteiger partial charge is 0.227 e. The Morgan fingerprint density at radius 3 is 2.55 bits per heavy atom. The summed E-state index contributed by atoms with van der Waals surface area (Å²) in [5.74, 6) is 0.209. The van der Waals surface area contributed by atoms with Crippen LogP contribution in [-0.2, 0) is 4.79 Å². The summed E-state index contributed by atoms with van der Waals surface area (Å²) in [6, 6.07) is 8.19. The van der Waals surface area contributed by atoms with E-state index in [2.05, 4.69) is 41.2 Å². The van der Waals surface area contributed by atoms with Crippen LogP contribution in [0.2, 0.25) is 0 Å². The van der Waals surface area contributed by atoms with Crippen molar-refractivity contribution in [2.75, 3.05) is 20.1 Å². The molecular formula is C16H25BrN2O. The molecule has 3 nitrogen and oxygen atoms in total. The van der Waals surface area contributed by atoms with E-state index in [1.54, 1.807) is 0 Å². The fourth-order valence-corrected chi connectivity index (χ4v) is 3.01. The van der Waals surface area contributed by atoms with E-state index in [4.69, 9.17) is 0 Å². The first-order chi connectivity index (χ1) is 9.52. The Morgan fingerprint density at radius 1 is 1.35 bits per heavy atom. The highest BCUT2D eigenvalue weighted by Crippen LogP contribution is 2.28. The molecule has 0 aromatic heterocycles. The second-order valence-corrected chi connectivity index (χ2v) is 6.04. The molecule has 2 atom stereocenters. The number of hydrogen-bond acceptors (Lipinski definition) is 2. The van der Waals surface area contributed by atoms with E-state index in [0.29, 0.717) is 6.54 Å². The molecular weight excluding hydrogens is 316 g/mol. The van der Waals surface area contributed by atoms with Crippen molar-refractivity contribution in [3.8, 4) is 0 Å². The van der Waals surface area contributed by atoms with E-state index in [1.807, 2.05) is 37.1 Å². The van der Waals surface area contributed by atoms with Crippen molar-refractivity contribution in [3.05, 3.63) is 34.3 Å². The normalized spacial score (nSPS) is 13.8. The standard InChI is InChI=1S/C16H25BrN2O/c1-5-10-19(16(20)12(2)11-18-4)13(3)14-8-6-7-9-15(14)17/h6-9,12-13,18H,5,10-11H2,1-4H3. The largest absolute Gasteiger partial charge is 0.336 e. The Bertz CT molecular complexity index is 436. The lowest BCUT2D eigenvalue weighted by atomic mass is 10.0. The van der Waals surface area contributed by atoms with Crippen LogP contribution in [-0.4, -0.2) is 30.9 Å². The Labute approximate surface area is 130 Å². The Balaban J connectivity index is 2.95. The van der Waals surface area contributed by atoms with Crippen molar-refractivity contribution < 1.29 is 4.79 Å². The molecule has 0 aliphatic heterocycles. The van der Waals surface area contributed by atoms with Gasteiger partial charge >= 0.3 is 0 Å². The van der Waals surface area contributed by atoms with Crippen LogP contribution in [0.3, 0.4) is 0 Å². The molecule has 1 aromatic carbocycles. The van der Waals surface area contributed by atoms with E-state index < -0.39 is 0 Å². The van der Waals surface area contributed by atoms with Gasteiger partial charge in [0.2, 0.25) is 5.91 Å². The molecule has 0 heterocycles. The first-order valence-electron chi connectivity index (χ1n) is 7.22. The lowest BCUT2D eigenvalue weighted by Gasteiger charge is -2.32. The summed E-state index contributed by atoms with van der Waals surface area (Å²) in [5.41, 5.74) is 1.16. The molecule has 0 spiro atoms. The summed E-state index contributed by atoms with van der Waals surface area (Å²) in [4.78, 5) is 14.6. The summed E-state index contributed by atoms with van der Waals surface area (Å²) in [7, 11) is 1.88. The molecule has 0 fully saturated rings. The molecule has 1 amide bonds. The minimum atomic E-state index is -0.00325. The average Bonchev–Trinajstić information content (AvgIpc) is 2.44. The predicted octanol–water partition coefficient (Wildman–Crippen LogP) is 3.60. The zero-order valence-electron chi connectivity index (χ0n) is 12.8. The highest BCUT2D eigenvalue weighted by Gasteiger charge is 2.25. The van der Waals surface area contributed by atoms with Crippen molar-refractivity contribution in [1.29, 1.82) is 0 Å². The molecule has 4 heteroatoms. The van der Waals surface area contributed by atoms with E-state index in [0.717, 1.165) is 23.0 Å². The lowest BCUT2D eigenvalue weighted by Crippen LogP contribution is -2.40. The summed E-state index contributed by atoms with van der Waals surface area (Å²) in [6.45, 7) is 7.68. The van der Waals surface area contributed by atoms with Gasteiger partial charge in [-0.3, -0.25) is 4.79 Å². The first-order valence-corrected chi connectivity index (χ1v) is 8.01. The van der Waals surface area contributed by atoms with Crippen LogP contribution < -0.4 is 5.32 Å². The van der Waals surface area contributed by atoms with Crippen molar-refractivity contribution in [2.45, 2.75) is 33.2 Å². The van der Waals surface area contributed by atoms with E-state index in [1.165, 1.54) is 0 Å². The highest BCUT2D eigenvalue weighted by atomic mass is 79.9. The average molecular weight is 341 g/mol. The Kier molecular flexibility index (Phi) is 7.24. The minimum Gasteiger partial charge on any atom is -0.336 e. The van der Waals surface area contributed by atoms with Crippen LogP contribution in [0.1, 0.15) is 38.8 Å². The van der Waals surface area contributed by atoms with Gasteiger partial charge in [-0.05, 0) is 32.0 Å². The summed E-state index contributed by atoms with van der Waals surface area (Å²) < 4.78 is 1.06. The third-order valence-corrected chi connectivity index (χ3v) is 4.22. The van der Waals surface area contributed by atoms with Crippen molar-refractivity contribution >= 4 is 21.8 Å². The first kappa shape index (κ1) is 17.2. The SMILES string of the molecule is CCCN(C(=O)C(C)CNC)C(C)c1ccccc1Br. The number of hydrogen-bond donors (Lipinski definition) is 1. The number of carbonyl (C=O) groups excluding carboxylic acids is 1. The number of nitrogens with one attached hydrogen (secondary N) is 1. The van der Waals surface area contributed by atoms with Crippen molar-refractivity contribution in [3.63, 3.8) is 0 Å². The molecule has 0 radical (unpaired) electrons. The molecule has 2 unspecified atom stereocenters. The molecule has 112 valence electrons. The van der Waals surface area contributed by atoms with Gasteiger partial charge in [0.25, 0.3) is 0 Å². The fraction of sp³-hybridized carbons (Fsp3) is 0.562. The Morgan fingerprint density at radius 2 is 2.00 bits per heavy atom. The van der Waals surface area contributed by atoms with E-state index in [-0.39, 0.29) is 17.9 Å². The highest BCUT2D eigenvalue weighted by molar-refractivity contribution is 9.10. The molecule has 0 saturated carbocycles. The topological polar surface area (TPSA) is 32.3 Å². The van der Waals surface area contributed by atoms with Gasteiger partial charge < -0.3 is 10.2 Å². The summed E-state index contributed by atoms with van der Waals surface area (Å²) in [5, 5.41) is 3.08. The van der Waals surface area contributed by atoms with E-state index in [9.17, 15) is 4.79 Å². The van der Waals surface area contributed by atoms with Gasteiger partial charge in [0.05, 0.1) is 6.04 Å². The molecule has 0 bridgehead atoms. The van der Waals surface area contributed by atoms with Crippen molar-refractivity contribution in [1.82, 2.24) is 10.2 Å². The van der Waals surface area contributed by atoms with Crippen LogP contribution >= 0.6 is 15.9 Å². The second kappa shape index (κ2) is 8.42. The van der Waals surface area contributed by atoms with Crippen LogP contribution in [0.5, 0.6) is 0 Å². The van der Waals surface area contributed by atoms with Crippen LogP contribution in [0, 0.1) is 5.92 Å². The molecule has 0 aliphatic carbocycles. The maximum Gasteiger partial charge on any atom is 0.227 e. The van der Waals surface area contributed by atoms with Gasteiger partial charge in [-0.15, -0.1) is 0 Å². The maximum atomic E-state index is 12.6. The summed E-state index contributed by atoms with van der Waals surface area (Å²) >= 11 is 3.58. The third kappa shape index (κ3) is 4.32. The second-order valence-electron chi connectivity index (χ2n) is 5.19. The number of carbonyl (C=O) groups is 1. The number of halogens is 1. The molecule has 20 heavy (non-hydrogen) atoms. The molecule has 0 saturated heterocycles. The number of nitrogens with zero attached hydrogens (tertiary/aromatic N) is 1. The number of amides is 1. The van der Waals surface area contributed by atoms with Crippen LogP contribution in [0.15, 0.2) is 28.7 Å². The number of benzene rings is 1.